The van der Waals surface area contributed by atoms with Gasteiger partial charge in [-0.05, 0) is 24.3 Å². The van der Waals surface area contributed by atoms with Gasteiger partial charge in [-0.25, -0.2) is 9.78 Å². The van der Waals surface area contributed by atoms with Crippen LogP contribution in [0.4, 0.5) is 0 Å². The van der Waals surface area contributed by atoms with Gasteiger partial charge in [0.15, 0.2) is 0 Å². The summed E-state index contributed by atoms with van der Waals surface area (Å²) in [6.07, 6.45) is 3.28. The zero-order chi connectivity index (χ0) is 14.1. The third kappa shape index (κ3) is 2.10. The smallest absolute Gasteiger partial charge is 0.336 e. The van der Waals surface area contributed by atoms with Crippen molar-refractivity contribution in [3.63, 3.8) is 0 Å². The lowest BCUT2D eigenvalue weighted by Crippen LogP contribution is -2.00. The summed E-state index contributed by atoms with van der Waals surface area (Å²) in [5, 5.41) is 10.3. The van der Waals surface area contributed by atoms with Crippen molar-refractivity contribution in [3.8, 4) is 11.3 Å². The summed E-state index contributed by atoms with van der Waals surface area (Å²) in [4.78, 5) is 19.9. The molecule has 1 N–H and O–H groups in total. The Morgan fingerprint density at radius 1 is 1.20 bits per heavy atom. The first-order valence-electron chi connectivity index (χ1n) is 5.90. The van der Waals surface area contributed by atoms with E-state index in [1.807, 2.05) is 6.07 Å². The molecule has 3 rings (SSSR count). The molecule has 0 aliphatic rings. The molecule has 0 aliphatic heterocycles. The van der Waals surface area contributed by atoms with E-state index in [-0.39, 0.29) is 5.56 Å². The normalized spacial score (nSPS) is 10.7. The van der Waals surface area contributed by atoms with Gasteiger partial charge in [0.1, 0.15) is 0 Å². The van der Waals surface area contributed by atoms with E-state index in [2.05, 4.69) is 9.97 Å². The lowest BCUT2D eigenvalue weighted by atomic mass is 10.1. The van der Waals surface area contributed by atoms with Crippen molar-refractivity contribution in [3.05, 3.63) is 59.4 Å². The average molecular weight is 285 g/mol. The highest BCUT2D eigenvalue weighted by molar-refractivity contribution is 6.35. The van der Waals surface area contributed by atoms with Crippen LogP contribution in [0.15, 0.2) is 48.8 Å². The monoisotopic (exact) mass is 284 g/mol. The second-order valence-corrected chi connectivity index (χ2v) is 4.65. The Balaban J connectivity index is 2.36. The minimum atomic E-state index is -1.01. The quantitative estimate of drug-likeness (QED) is 0.780. The van der Waals surface area contributed by atoms with Crippen molar-refractivity contribution in [1.29, 1.82) is 0 Å². The number of rotatable bonds is 2. The van der Waals surface area contributed by atoms with Crippen LogP contribution in [-0.4, -0.2) is 21.0 Å². The molecule has 0 fully saturated rings. The second-order valence-electron chi connectivity index (χ2n) is 4.24. The first-order chi connectivity index (χ1) is 9.66. The van der Waals surface area contributed by atoms with Gasteiger partial charge in [0, 0.05) is 23.3 Å². The van der Waals surface area contributed by atoms with Gasteiger partial charge in [-0.1, -0.05) is 23.7 Å². The van der Waals surface area contributed by atoms with Crippen LogP contribution < -0.4 is 0 Å². The van der Waals surface area contributed by atoms with E-state index in [0.29, 0.717) is 21.6 Å². The van der Waals surface area contributed by atoms with Gasteiger partial charge in [-0.15, -0.1) is 0 Å². The molecule has 5 heteroatoms. The Morgan fingerprint density at radius 2 is 2.05 bits per heavy atom. The van der Waals surface area contributed by atoms with Gasteiger partial charge < -0.3 is 5.11 Å². The van der Waals surface area contributed by atoms with Gasteiger partial charge >= 0.3 is 5.97 Å². The minimum absolute atomic E-state index is 0.177. The lowest BCUT2D eigenvalue weighted by molar-refractivity contribution is 0.0699. The number of carbonyl (C=O) groups is 1. The largest absolute Gasteiger partial charge is 0.478 e. The molecule has 0 amide bonds. The molecule has 0 spiro atoms. The van der Waals surface area contributed by atoms with Crippen LogP contribution in [0.25, 0.3) is 22.2 Å². The summed E-state index contributed by atoms with van der Waals surface area (Å²) in [5.74, 6) is -1.01. The van der Waals surface area contributed by atoms with Gasteiger partial charge in [-0.2, -0.15) is 0 Å². The van der Waals surface area contributed by atoms with E-state index < -0.39 is 5.97 Å². The number of hydrogen-bond donors (Lipinski definition) is 1. The first kappa shape index (κ1) is 12.6. The molecule has 0 aliphatic carbocycles. The fraction of sp³-hybridized carbons (Fsp3) is 0. The molecule has 0 radical (unpaired) electrons. The standard InChI is InChI=1S/C15H9ClN2O2/c16-12-5-1-4-10-11(15(19)20)7-13(18-14(10)12)9-3-2-6-17-8-9/h1-8H,(H,19,20). The van der Waals surface area contributed by atoms with Crippen LogP contribution in [0.3, 0.4) is 0 Å². The molecule has 20 heavy (non-hydrogen) atoms. The van der Waals surface area contributed by atoms with Crippen molar-refractivity contribution < 1.29 is 9.90 Å². The molecule has 4 nitrogen and oxygen atoms in total. The molecule has 0 unspecified atom stereocenters. The summed E-state index contributed by atoms with van der Waals surface area (Å²) >= 11 is 6.12. The molecule has 2 heterocycles. The summed E-state index contributed by atoms with van der Waals surface area (Å²) in [6.45, 7) is 0. The van der Waals surface area contributed by atoms with Crippen LogP contribution in [-0.2, 0) is 0 Å². The highest BCUT2D eigenvalue weighted by Crippen LogP contribution is 2.28. The lowest BCUT2D eigenvalue weighted by Gasteiger charge is -2.07. The highest BCUT2D eigenvalue weighted by Gasteiger charge is 2.14. The summed E-state index contributed by atoms with van der Waals surface area (Å²) < 4.78 is 0. The van der Waals surface area contributed by atoms with E-state index in [4.69, 9.17) is 11.6 Å². The van der Waals surface area contributed by atoms with Crippen molar-refractivity contribution in [2.75, 3.05) is 0 Å². The molecule has 0 saturated heterocycles. The number of fused-ring (bicyclic) bond motifs is 1. The number of carboxylic acid groups (broad SMARTS) is 1. The van der Waals surface area contributed by atoms with Gasteiger partial charge in [0.25, 0.3) is 0 Å². The van der Waals surface area contributed by atoms with Crippen molar-refractivity contribution in [2.24, 2.45) is 0 Å². The third-order valence-electron chi connectivity index (χ3n) is 2.98. The Labute approximate surface area is 119 Å². The van der Waals surface area contributed by atoms with Crippen molar-refractivity contribution >= 4 is 28.5 Å². The SMILES string of the molecule is O=C(O)c1cc(-c2cccnc2)nc2c(Cl)cccc12. The Hall–Kier alpha value is -2.46. The molecule has 0 saturated carbocycles. The van der Waals surface area contributed by atoms with Crippen molar-refractivity contribution in [1.82, 2.24) is 9.97 Å². The van der Waals surface area contributed by atoms with E-state index in [9.17, 15) is 9.90 Å². The summed E-state index contributed by atoms with van der Waals surface area (Å²) in [6, 6.07) is 10.2. The van der Waals surface area contributed by atoms with Crippen LogP contribution >= 0.6 is 11.6 Å². The zero-order valence-corrected chi connectivity index (χ0v) is 11.0. The molecule has 2 aromatic heterocycles. The van der Waals surface area contributed by atoms with Gasteiger partial charge in [-0.3, -0.25) is 4.98 Å². The van der Waals surface area contributed by atoms with Crippen LogP contribution in [0.5, 0.6) is 0 Å². The maximum Gasteiger partial charge on any atom is 0.336 e. The van der Waals surface area contributed by atoms with Crippen LogP contribution in [0, 0.1) is 0 Å². The summed E-state index contributed by atoms with van der Waals surface area (Å²) in [7, 11) is 0. The molecule has 3 aromatic rings. The highest BCUT2D eigenvalue weighted by atomic mass is 35.5. The number of carboxylic acids is 1. The predicted molar refractivity (Wildman–Crippen MR) is 76.9 cm³/mol. The Bertz CT molecular complexity index is 804. The van der Waals surface area contributed by atoms with E-state index >= 15 is 0 Å². The minimum Gasteiger partial charge on any atom is -0.478 e. The Morgan fingerprint density at radius 3 is 2.75 bits per heavy atom. The van der Waals surface area contributed by atoms with Crippen LogP contribution in [0.1, 0.15) is 10.4 Å². The number of aromatic carboxylic acids is 1. The fourth-order valence-corrected chi connectivity index (χ4v) is 2.27. The molecule has 1 aromatic carbocycles. The van der Waals surface area contributed by atoms with Gasteiger partial charge in [0.05, 0.1) is 21.8 Å². The molecule has 0 atom stereocenters. The van der Waals surface area contributed by atoms with Crippen LogP contribution in [0.2, 0.25) is 5.02 Å². The average Bonchev–Trinajstić information content (AvgIpc) is 2.47. The zero-order valence-electron chi connectivity index (χ0n) is 10.2. The fourth-order valence-electron chi connectivity index (χ4n) is 2.05. The number of halogens is 1. The maximum atomic E-state index is 11.4. The number of benzene rings is 1. The molecule has 0 bridgehead atoms. The molecule has 98 valence electrons. The summed E-state index contributed by atoms with van der Waals surface area (Å²) in [5.41, 5.74) is 1.94. The van der Waals surface area contributed by atoms with Gasteiger partial charge in [0.2, 0.25) is 0 Å². The molecular formula is C15H9ClN2O2. The van der Waals surface area contributed by atoms with Crippen molar-refractivity contribution in [2.45, 2.75) is 0 Å². The third-order valence-corrected chi connectivity index (χ3v) is 3.28. The van der Waals surface area contributed by atoms with E-state index in [1.165, 1.54) is 6.07 Å². The number of pyridine rings is 2. The van der Waals surface area contributed by atoms with E-state index in [0.717, 1.165) is 5.56 Å². The number of nitrogens with zero attached hydrogens (tertiary/aromatic N) is 2. The molecular weight excluding hydrogens is 276 g/mol. The topological polar surface area (TPSA) is 63.1 Å². The first-order valence-corrected chi connectivity index (χ1v) is 6.27. The number of hydrogen-bond acceptors (Lipinski definition) is 3. The Kier molecular flexibility index (Phi) is 3.08. The predicted octanol–water partition coefficient (Wildman–Crippen LogP) is 3.65. The number of aromatic nitrogens is 2. The van der Waals surface area contributed by atoms with E-state index in [1.54, 1.807) is 36.7 Å². The number of para-hydroxylation sites is 1. The maximum absolute atomic E-state index is 11.4. The second kappa shape index (κ2) is 4.90.